The Morgan fingerprint density at radius 2 is 1.41 bits per heavy atom. The molecule has 2 aromatic carbocycles. The molecule has 3 rings (SSSR count). The molecule has 29 heavy (non-hydrogen) atoms. The van der Waals surface area contributed by atoms with Gasteiger partial charge in [0.05, 0.1) is 19.9 Å². The molecule has 154 valence electrons. The molecule has 2 aromatic rings. The van der Waals surface area contributed by atoms with E-state index in [0.717, 1.165) is 17.7 Å². The van der Waals surface area contributed by atoms with Crippen LogP contribution in [0.2, 0.25) is 0 Å². The molecule has 1 saturated heterocycles. The van der Waals surface area contributed by atoms with Crippen LogP contribution in [0.5, 0.6) is 0 Å². The summed E-state index contributed by atoms with van der Waals surface area (Å²) in [5.74, 6) is -0.164. The van der Waals surface area contributed by atoms with Crippen molar-refractivity contribution in [3.8, 4) is 0 Å². The van der Waals surface area contributed by atoms with Crippen LogP contribution in [-0.2, 0) is 22.6 Å². The minimum Gasteiger partial charge on any atom is -0.466 e. The quantitative estimate of drug-likeness (QED) is 0.608. The van der Waals surface area contributed by atoms with Gasteiger partial charge in [0, 0.05) is 26.1 Å². The summed E-state index contributed by atoms with van der Waals surface area (Å²) < 4.78 is 5.02. The van der Waals surface area contributed by atoms with Crippen molar-refractivity contribution in [1.82, 2.24) is 14.7 Å². The lowest BCUT2D eigenvalue weighted by molar-refractivity contribution is -0.143. The maximum Gasteiger partial charge on any atom is 0.322 e. The number of ether oxygens (including phenoxy) is 1. The lowest BCUT2D eigenvalue weighted by atomic mass is 10.2. The monoisotopic (exact) mass is 395 g/mol. The number of carbonyl (C=O) groups is 2. The molecule has 0 aromatic heterocycles. The molecule has 6 heteroatoms. The predicted octanol–water partition coefficient (Wildman–Crippen LogP) is 3.68. The maximum atomic E-state index is 13.1. The fourth-order valence-electron chi connectivity index (χ4n) is 3.51. The zero-order valence-corrected chi connectivity index (χ0v) is 17.0. The van der Waals surface area contributed by atoms with Gasteiger partial charge < -0.3 is 14.5 Å². The second kappa shape index (κ2) is 10.6. The van der Waals surface area contributed by atoms with E-state index in [1.807, 2.05) is 77.4 Å². The van der Waals surface area contributed by atoms with Gasteiger partial charge in [-0.2, -0.15) is 0 Å². The Labute approximate surface area is 172 Å². The van der Waals surface area contributed by atoms with Gasteiger partial charge in [-0.15, -0.1) is 0 Å². The van der Waals surface area contributed by atoms with Gasteiger partial charge in [0.2, 0.25) is 0 Å². The van der Waals surface area contributed by atoms with Crippen LogP contribution in [0.1, 0.15) is 30.9 Å². The lowest BCUT2D eigenvalue weighted by Crippen LogP contribution is -2.57. The molecule has 0 radical (unpaired) electrons. The van der Waals surface area contributed by atoms with Crippen molar-refractivity contribution in [3.63, 3.8) is 0 Å². The Morgan fingerprint density at radius 1 is 0.897 bits per heavy atom. The van der Waals surface area contributed by atoms with Crippen molar-refractivity contribution in [2.75, 3.05) is 26.5 Å². The third kappa shape index (κ3) is 6.32. The Hall–Kier alpha value is -2.86. The van der Waals surface area contributed by atoms with E-state index in [2.05, 4.69) is 4.90 Å². The van der Waals surface area contributed by atoms with E-state index in [0.29, 0.717) is 45.9 Å². The number of hydrogen-bond acceptors (Lipinski definition) is 4. The summed E-state index contributed by atoms with van der Waals surface area (Å²) in [4.78, 5) is 30.7. The lowest BCUT2D eigenvalue weighted by Gasteiger charge is -2.42. The standard InChI is InChI=1S/C23H29N3O3/c1-2-29-22(27)14-9-15-24-18-25(16-20-10-5-3-6-11-20)23(28)26(19-24)17-21-12-7-4-8-13-21/h3-8,10-13H,2,9,14-19H2,1H3. The molecule has 0 N–H and O–H groups in total. The van der Waals surface area contributed by atoms with Crippen molar-refractivity contribution in [2.24, 2.45) is 0 Å². The smallest absolute Gasteiger partial charge is 0.322 e. The normalized spacial score (nSPS) is 14.9. The van der Waals surface area contributed by atoms with Crippen molar-refractivity contribution in [3.05, 3.63) is 71.8 Å². The van der Waals surface area contributed by atoms with Gasteiger partial charge in [0.25, 0.3) is 0 Å². The van der Waals surface area contributed by atoms with Crippen LogP contribution < -0.4 is 0 Å². The number of urea groups is 1. The second-order valence-electron chi connectivity index (χ2n) is 7.24. The van der Waals surface area contributed by atoms with Crippen LogP contribution in [0.25, 0.3) is 0 Å². The van der Waals surface area contributed by atoms with E-state index in [4.69, 9.17) is 4.74 Å². The number of amides is 2. The predicted molar refractivity (Wildman–Crippen MR) is 112 cm³/mol. The Morgan fingerprint density at radius 3 is 1.90 bits per heavy atom. The molecule has 1 aliphatic heterocycles. The first-order chi connectivity index (χ1) is 14.2. The highest BCUT2D eigenvalue weighted by molar-refractivity contribution is 5.75. The topological polar surface area (TPSA) is 53.1 Å². The van der Waals surface area contributed by atoms with Crippen molar-refractivity contribution in [1.29, 1.82) is 0 Å². The van der Waals surface area contributed by atoms with Gasteiger partial charge in [-0.3, -0.25) is 9.69 Å². The fraction of sp³-hybridized carbons (Fsp3) is 0.391. The average molecular weight is 396 g/mol. The summed E-state index contributed by atoms with van der Waals surface area (Å²) in [6.07, 6.45) is 1.11. The van der Waals surface area contributed by atoms with Gasteiger partial charge in [-0.1, -0.05) is 60.7 Å². The number of carbonyl (C=O) groups excluding carboxylic acids is 2. The van der Waals surface area contributed by atoms with Gasteiger partial charge in [0.1, 0.15) is 0 Å². The number of hydrogen-bond donors (Lipinski definition) is 0. The van der Waals surface area contributed by atoms with Crippen LogP contribution in [-0.4, -0.2) is 53.2 Å². The van der Waals surface area contributed by atoms with Crippen LogP contribution in [0.4, 0.5) is 4.79 Å². The Bertz CT molecular complexity index is 729. The molecule has 0 aliphatic carbocycles. The zero-order chi connectivity index (χ0) is 20.5. The van der Waals surface area contributed by atoms with Gasteiger partial charge in [-0.05, 0) is 24.5 Å². The van der Waals surface area contributed by atoms with Crippen LogP contribution in [0.3, 0.4) is 0 Å². The van der Waals surface area contributed by atoms with Crippen LogP contribution in [0, 0.1) is 0 Å². The number of rotatable bonds is 9. The summed E-state index contributed by atoms with van der Waals surface area (Å²) in [7, 11) is 0. The summed E-state index contributed by atoms with van der Waals surface area (Å²) in [5, 5.41) is 0. The summed E-state index contributed by atoms with van der Waals surface area (Å²) in [5.41, 5.74) is 2.21. The first-order valence-corrected chi connectivity index (χ1v) is 10.2. The Balaban J connectivity index is 1.66. The molecule has 0 saturated carbocycles. The minimum absolute atomic E-state index is 0.0411. The third-order valence-corrected chi connectivity index (χ3v) is 4.88. The van der Waals surface area contributed by atoms with E-state index in [1.54, 1.807) is 0 Å². The molecule has 2 amide bonds. The molecule has 1 aliphatic rings. The molecule has 0 atom stereocenters. The molecular formula is C23H29N3O3. The van der Waals surface area contributed by atoms with Gasteiger partial charge >= 0.3 is 12.0 Å². The highest BCUT2D eigenvalue weighted by Crippen LogP contribution is 2.17. The van der Waals surface area contributed by atoms with E-state index in [9.17, 15) is 9.59 Å². The summed E-state index contributed by atoms with van der Waals surface area (Å²) in [6, 6.07) is 20.1. The molecule has 0 spiro atoms. The van der Waals surface area contributed by atoms with E-state index < -0.39 is 0 Å². The highest BCUT2D eigenvalue weighted by Gasteiger charge is 2.30. The van der Waals surface area contributed by atoms with Gasteiger partial charge in [0.15, 0.2) is 0 Å². The van der Waals surface area contributed by atoms with Gasteiger partial charge in [-0.25, -0.2) is 4.79 Å². The van der Waals surface area contributed by atoms with E-state index in [1.165, 1.54) is 0 Å². The van der Waals surface area contributed by atoms with Crippen molar-refractivity contribution < 1.29 is 14.3 Å². The first kappa shape index (κ1) is 20.9. The Kier molecular flexibility index (Phi) is 7.64. The molecule has 0 unspecified atom stereocenters. The summed E-state index contributed by atoms with van der Waals surface area (Å²) >= 11 is 0. The largest absolute Gasteiger partial charge is 0.466 e. The SMILES string of the molecule is CCOC(=O)CCCN1CN(Cc2ccccc2)C(=O)N(Cc2ccccc2)C1. The molecule has 1 fully saturated rings. The van der Waals surface area contributed by atoms with Crippen LogP contribution in [0.15, 0.2) is 60.7 Å². The number of benzene rings is 2. The fourth-order valence-corrected chi connectivity index (χ4v) is 3.51. The molecule has 6 nitrogen and oxygen atoms in total. The average Bonchev–Trinajstić information content (AvgIpc) is 2.73. The number of nitrogens with zero attached hydrogens (tertiary/aromatic N) is 3. The highest BCUT2D eigenvalue weighted by atomic mass is 16.5. The third-order valence-electron chi connectivity index (χ3n) is 4.88. The van der Waals surface area contributed by atoms with E-state index in [-0.39, 0.29) is 12.0 Å². The number of esters is 1. The zero-order valence-electron chi connectivity index (χ0n) is 17.0. The minimum atomic E-state index is -0.164. The van der Waals surface area contributed by atoms with Crippen molar-refractivity contribution >= 4 is 12.0 Å². The summed E-state index contributed by atoms with van der Waals surface area (Å²) in [6.45, 7) is 5.22. The molecule has 0 bridgehead atoms. The second-order valence-corrected chi connectivity index (χ2v) is 7.24. The van der Waals surface area contributed by atoms with E-state index >= 15 is 0 Å². The molecular weight excluding hydrogens is 366 g/mol. The van der Waals surface area contributed by atoms with Crippen molar-refractivity contribution in [2.45, 2.75) is 32.9 Å². The first-order valence-electron chi connectivity index (χ1n) is 10.2. The van der Waals surface area contributed by atoms with Crippen LogP contribution >= 0.6 is 0 Å². The maximum absolute atomic E-state index is 13.1. The molecule has 1 heterocycles.